The molecule has 0 bridgehead atoms. The van der Waals surface area contributed by atoms with Crippen molar-refractivity contribution >= 4 is 67.1 Å². The second kappa shape index (κ2) is 12.2. The van der Waals surface area contributed by atoms with Gasteiger partial charge in [-0.2, -0.15) is 5.10 Å². The number of aromatic amines is 1. The molecule has 0 fully saturated rings. The third-order valence-corrected chi connectivity index (χ3v) is 8.47. The highest BCUT2D eigenvalue weighted by Gasteiger charge is 2.38. The quantitative estimate of drug-likeness (QED) is 0.133. The summed E-state index contributed by atoms with van der Waals surface area (Å²) in [6, 6.07) is 20.3. The maximum atomic E-state index is 14.1. The zero-order chi connectivity index (χ0) is 33.6. The predicted molar refractivity (Wildman–Crippen MR) is 176 cm³/mol. The number of pyridine rings is 1. The van der Waals surface area contributed by atoms with E-state index in [4.69, 9.17) is 11.6 Å². The molecule has 1 atom stereocenters. The molecule has 0 unspecified atom stereocenters. The van der Waals surface area contributed by atoms with Crippen molar-refractivity contribution in [2.75, 3.05) is 0 Å². The first-order valence-electron chi connectivity index (χ1n) is 13.6. The van der Waals surface area contributed by atoms with Crippen molar-refractivity contribution in [3.8, 4) is 11.1 Å². The third kappa shape index (κ3) is 5.73. The monoisotopic (exact) mass is 716 g/mol. The Bertz CT molecular complexity index is 2220. The topological polar surface area (TPSA) is 195 Å². The van der Waals surface area contributed by atoms with E-state index in [9.17, 15) is 39.9 Å². The van der Waals surface area contributed by atoms with E-state index in [1.54, 1.807) is 36.4 Å². The Labute approximate surface area is 276 Å². The van der Waals surface area contributed by atoms with E-state index >= 15 is 0 Å². The zero-order valence-corrected chi connectivity index (χ0v) is 26.0. The highest BCUT2D eigenvalue weighted by molar-refractivity contribution is 9.10. The number of nitro groups is 3. The molecular weight excluding hydrogens is 700 g/mol. The van der Waals surface area contributed by atoms with Crippen LogP contribution < -0.4 is 5.56 Å². The molecule has 16 heteroatoms. The summed E-state index contributed by atoms with van der Waals surface area (Å²) in [5.41, 5.74) is -0.793. The lowest BCUT2D eigenvalue weighted by molar-refractivity contribution is -0.393. The number of rotatable bonds is 7. The maximum absolute atomic E-state index is 14.1. The molecule has 4 aromatic carbocycles. The average Bonchev–Trinajstić information content (AvgIpc) is 3.49. The molecule has 234 valence electrons. The van der Waals surface area contributed by atoms with E-state index in [0.29, 0.717) is 22.0 Å². The Kier molecular flexibility index (Phi) is 8.09. The van der Waals surface area contributed by atoms with E-state index in [1.807, 2.05) is 12.1 Å². The molecule has 1 amide bonds. The van der Waals surface area contributed by atoms with Crippen LogP contribution in [0, 0.1) is 30.3 Å². The van der Waals surface area contributed by atoms with Gasteiger partial charge in [-0.15, -0.1) is 0 Å². The van der Waals surface area contributed by atoms with Crippen LogP contribution in [-0.2, 0) is 0 Å². The van der Waals surface area contributed by atoms with Crippen LogP contribution in [0.5, 0.6) is 0 Å². The van der Waals surface area contributed by atoms with E-state index in [0.717, 1.165) is 21.6 Å². The lowest BCUT2D eigenvalue weighted by Crippen LogP contribution is -2.27. The second-order valence-corrected chi connectivity index (χ2v) is 11.7. The molecule has 0 saturated carbocycles. The molecule has 0 radical (unpaired) electrons. The van der Waals surface area contributed by atoms with Gasteiger partial charge < -0.3 is 4.98 Å². The van der Waals surface area contributed by atoms with E-state index in [1.165, 1.54) is 24.3 Å². The van der Waals surface area contributed by atoms with Crippen LogP contribution in [0.25, 0.3) is 22.0 Å². The minimum atomic E-state index is -1.05. The number of amides is 1. The van der Waals surface area contributed by atoms with Gasteiger partial charge in [-0.3, -0.25) is 39.9 Å². The number of benzene rings is 4. The molecule has 1 N–H and O–H groups in total. The first kappa shape index (κ1) is 31.2. The average molecular weight is 718 g/mol. The fourth-order valence-corrected chi connectivity index (χ4v) is 6.12. The lowest BCUT2D eigenvalue weighted by atomic mass is 9.91. The van der Waals surface area contributed by atoms with Gasteiger partial charge in [-0.05, 0) is 29.3 Å². The Morgan fingerprint density at radius 3 is 2.19 bits per heavy atom. The summed E-state index contributed by atoms with van der Waals surface area (Å²) in [5.74, 6) is -0.999. The predicted octanol–water partition coefficient (Wildman–Crippen LogP) is 7.33. The number of hydrogen-bond acceptors (Lipinski definition) is 9. The number of fused-ring (bicyclic) bond motifs is 1. The SMILES string of the molecule is O=C(c1cc([N+](=O)[O-])c(Cl)c([N+](=O)[O-])c1)N1N=C(c2c(-c3ccccc3)c3cc(Br)ccc3[nH]c2=O)C[C@@H]1c1cccc([N+](=O)[O-])c1. The fraction of sp³-hybridized carbons (Fsp3) is 0.0645. The van der Waals surface area contributed by atoms with Gasteiger partial charge in [0, 0.05) is 51.6 Å². The first-order chi connectivity index (χ1) is 22.4. The van der Waals surface area contributed by atoms with Crippen LogP contribution in [0.15, 0.2) is 99.3 Å². The highest BCUT2D eigenvalue weighted by atomic mass is 79.9. The number of nitrogens with one attached hydrogen (secondary N) is 1. The fourth-order valence-electron chi connectivity index (χ4n) is 5.51. The smallest absolute Gasteiger partial charge is 0.295 e. The largest absolute Gasteiger partial charge is 0.321 e. The number of nitro benzene ring substituents is 3. The number of hydrogen-bond donors (Lipinski definition) is 1. The maximum Gasteiger partial charge on any atom is 0.295 e. The number of carbonyl (C=O) groups is 1. The van der Waals surface area contributed by atoms with Crippen molar-refractivity contribution in [2.24, 2.45) is 5.10 Å². The second-order valence-electron chi connectivity index (χ2n) is 10.4. The molecular formula is C31H18BrClN6O8. The van der Waals surface area contributed by atoms with Crippen LogP contribution in [0.2, 0.25) is 5.02 Å². The molecule has 5 aromatic rings. The van der Waals surface area contributed by atoms with Crippen molar-refractivity contribution in [2.45, 2.75) is 12.5 Å². The van der Waals surface area contributed by atoms with Crippen LogP contribution >= 0.6 is 27.5 Å². The highest BCUT2D eigenvalue weighted by Crippen LogP contribution is 2.40. The summed E-state index contributed by atoms with van der Waals surface area (Å²) in [4.78, 5) is 63.3. The summed E-state index contributed by atoms with van der Waals surface area (Å²) in [5, 5.41) is 40.4. The molecule has 6 rings (SSSR count). The number of H-pyrrole nitrogens is 1. The Hall–Kier alpha value is -5.80. The molecule has 1 aliphatic rings. The van der Waals surface area contributed by atoms with Gasteiger partial charge in [0.25, 0.3) is 28.5 Å². The van der Waals surface area contributed by atoms with Gasteiger partial charge in [0.2, 0.25) is 0 Å². The minimum absolute atomic E-state index is 0.104. The molecule has 1 aromatic heterocycles. The summed E-state index contributed by atoms with van der Waals surface area (Å²) in [6.07, 6.45) is -0.104. The van der Waals surface area contributed by atoms with Gasteiger partial charge in [-0.1, -0.05) is 70.0 Å². The normalized spacial score (nSPS) is 14.2. The van der Waals surface area contributed by atoms with Crippen molar-refractivity contribution in [1.29, 1.82) is 0 Å². The van der Waals surface area contributed by atoms with Crippen molar-refractivity contribution in [3.63, 3.8) is 0 Å². The van der Waals surface area contributed by atoms with E-state index in [2.05, 4.69) is 26.0 Å². The lowest BCUT2D eigenvalue weighted by Gasteiger charge is -2.22. The Balaban J connectivity index is 1.60. The zero-order valence-electron chi connectivity index (χ0n) is 23.6. The summed E-state index contributed by atoms with van der Waals surface area (Å²) >= 11 is 9.40. The number of hydrazone groups is 1. The molecule has 1 aliphatic heterocycles. The molecule has 2 heterocycles. The van der Waals surface area contributed by atoms with E-state index < -0.39 is 54.2 Å². The molecule has 14 nitrogen and oxygen atoms in total. The summed E-state index contributed by atoms with van der Waals surface area (Å²) < 4.78 is 0.728. The minimum Gasteiger partial charge on any atom is -0.321 e. The standard InChI is InChI=1S/C31H18BrClN6O8/c32-19-9-10-22-21(14-19)27(16-5-2-1-3-6-16)28(30(40)34-22)23-15-24(17-7-4-8-20(11-17)37(42)43)36(35-23)31(41)18-12-25(38(44)45)29(33)26(13-18)39(46)47/h1-14,24H,15H2,(H,34,40)/t24-/m1/s1. The van der Waals surface area contributed by atoms with Gasteiger partial charge in [-0.25, -0.2) is 5.01 Å². The number of nitrogens with zero attached hydrogens (tertiary/aromatic N) is 5. The number of carbonyl (C=O) groups excluding carboxylic acids is 1. The summed E-state index contributed by atoms with van der Waals surface area (Å²) in [6.45, 7) is 0. The van der Waals surface area contributed by atoms with Crippen LogP contribution in [0.4, 0.5) is 17.1 Å². The van der Waals surface area contributed by atoms with Gasteiger partial charge in [0.15, 0.2) is 5.02 Å². The molecule has 0 saturated heterocycles. The van der Waals surface area contributed by atoms with Crippen LogP contribution in [-0.4, -0.2) is 36.4 Å². The van der Waals surface area contributed by atoms with Crippen molar-refractivity contribution in [1.82, 2.24) is 9.99 Å². The van der Waals surface area contributed by atoms with Crippen LogP contribution in [0.3, 0.4) is 0 Å². The van der Waals surface area contributed by atoms with Gasteiger partial charge in [0.1, 0.15) is 0 Å². The number of halogens is 2. The first-order valence-corrected chi connectivity index (χ1v) is 14.8. The Morgan fingerprint density at radius 1 is 0.872 bits per heavy atom. The summed E-state index contributed by atoms with van der Waals surface area (Å²) in [7, 11) is 0. The van der Waals surface area contributed by atoms with Crippen molar-refractivity contribution in [3.05, 3.63) is 152 Å². The number of non-ortho nitro benzene ring substituents is 1. The van der Waals surface area contributed by atoms with Crippen molar-refractivity contribution < 1.29 is 19.6 Å². The third-order valence-electron chi connectivity index (χ3n) is 7.59. The molecule has 0 aliphatic carbocycles. The molecule has 0 spiro atoms. The van der Waals surface area contributed by atoms with Gasteiger partial charge >= 0.3 is 0 Å². The number of aromatic nitrogens is 1. The van der Waals surface area contributed by atoms with Gasteiger partial charge in [0.05, 0.1) is 37.7 Å². The van der Waals surface area contributed by atoms with E-state index in [-0.39, 0.29) is 28.9 Å². The molecule has 47 heavy (non-hydrogen) atoms. The van der Waals surface area contributed by atoms with Crippen LogP contribution in [0.1, 0.15) is 33.9 Å². The Morgan fingerprint density at radius 2 is 1.55 bits per heavy atom.